The van der Waals surface area contributed by atoms with Gasteiger partial charge in [0.05, 0.1) is 16.8 Å². The number of aromatic nitrogens is 3. The number of hydrogen-bond acceptors (Lipinski definition) is 5. The number of nitrogens with one attached hydrogen (secondary N) is 2. The molecule has 1 amide bonds. The van der Waals surface area contributed by atoms with Crippen LogP contribution in [0.1, 0.15) is 16.4 Å². The van der Waals surface area contributed by atoms with Crippen molar-refractivity contribution in [3.63, 3.8) is 0 Å². The second-order valence-electron chi connectivity index (χ2n) is 5.42. The molecule has 4 aromatic rings. The molecule has 6 nitrogen and oxygen atoms in total. The molecule has 7 heteroatoms. The molecule has 0 bridgehead atoms. The molecule has 0 aliphatic rings. The van der Waals surface area contributed by atoms with Crippen LogP contribution >= 0.6 is 11.3 Å². The number of H-pyrrole nitrogens is 1. The number of hydrogen-bond donors (Lipinski definition) is 2. The van der Waals surface area contributed by atoms with Gasteiger partial charge in [-0.2, -0.15) is 5.10 Å². The third-order valence-corrected chi connectivity index (χ3v) is 4.55. The van der Waals surface area contributed by atoms with Crippen molar-refractivity contribution in [3.8, 4) is 21.9 Å². The van der Waals surface area contributed by atoms with Crippen molar-refractivity contribution in [2.45, 2.75) is 6.92 Å². The van der Waals surface area contributed by atoms with Gasteiger partial charge in [-0.25, -0.2) is 4.98 Å². The summed E-state index contributed by atoms with van der Waals surface area (Å²) in [5.41, 5.74) is 2.76. The van der Waals surface area contributed by atoms with Crippen LogP contribution in [0.2, 0.25) is 0 Å². The molecule has 25 heavy (non-hydrogen) atoms. The largest absolute Gasteiger partial charge is 0.441 e. The molecule has 0 aliphatic carbocycles. The predicted octanol–water partition coefficient (Wildman–Crippen LogP) is 4.35. The lowest BCUT2D eigenvalue weighted by molar-refractivity contribution is 0.102. The number of benzene rings is 1. The minimum atomic E-state index is -0.262. The Morgan fingerprint density at radius 1 is 1.24 bits per heavy atom. The van der Waals surface area contributed by atoms with Crippen molar-refractivity contribution in [1.29, 1.82) is 0 Å². The van der Waals surface area contributed by atoms with E-state index in [-0.39, 0.29) is 5.91 Å². The summed E-state index contributed by atoms with van der Waals surface area (Å²) in [7, 11) is 0. The molecule has 0 spiro atoms. The summed E-state index contributed by atoms with van der Waals surface area (Å²) >= 11 is 1.59. The lowest BCUT2D eigenvalue weighted by atomic mass is 10.1. The highest BCUT2D eigenvalue weighted by Crippen LogP contribution is 2.24. The number of nitrogens with zero attached hydrogens (tertiary/aromatic N) is 2. The standard InChI is InChI=1S/C18H14N4O2S/c1-11-19-10-16(24-11)12-4-6-13(7-5-12)20-18(23)15-9-14(21-22-15)17-3-2-8-25-17/h2-10H,1H3,(H,20,23)(H,21,22). The topological polar surface area (TPSA) is 83.8 Å². The Bertz CT molecular complexity index is 1000. The fourth-order valence-corrected chi connectivity index (χ4v) is 3.10. The van der Waals surface area contributed by atoms with Crippen molar-refractivity contribution < 1.29 is 9.21 Å². The maximum atomic E-state index is 12.3. The monoisotopic (exact) mass is 350 g/mol. The minimum Gasteiger partial charge on any atom is -0.441 e. The first kappa shape index (κ1) is 15.3. The first-order valence-corrected chi connectivity index (χ1v) is 8.50. The van der Waals surface area contributed by atoms with Gasteiger partial charge in [0.1, 0.15) is 0 Å². The number of anilines is 1. The van der Waals surface area contributed by atoms with Crippen LogP contribution in [0.3, 0.4) is 0 Å². The van der Waals surface area contributed by atoms with Gasteiger partial charge < -0.3 is 9.73 Å². The Morgan fingerprint density at radius 3 is 2.76 bits per heavy atom. The van der Waals surface area contributed by atoms with Gasteiger partial charge >= 0.3 is 0 Å². The van der Waals surface area contributed by atoms with E-state index in [0.717, 1.165) is 16.1 Å². The highest BCUT2D eigenvalue weighted by atomic mass is 32.1. The molecule has 3 heterocycles. The summed E-state index contributed by atoms with van der Waals surface area (Å²) in [6.45, 7) is 1.80. The zero-order valence-electron chi connectivity index (χ0n) is 13.3. The maximum Gasteiger partial charge on any atom is 0.276 e. The molecule has 1 aromatic carbocycles. The molecule has 0 atom stereocenters. The van der Waals surface area contributed by atoms with E-state index in [4.69, 9.17) is 4.42 Å². The fourth-order valence-electron chi connectivity index (χ4n) is 2.40. The summed E-state index contributed by atoms with van der Waals surface area (Å²) < 4.78 is 5.49. The third-order valence-electron chi connectivity index (χ3n) is 3.65. The smallest absolute Gasteiger partial charge is 0.276 e. The number of oxazole rings is 1. The van der Waals surface area contributed by atoms with Crippen molar-refractivity contribution in [3.05, 3.63) is 65.6 Å². The molecule has 0 fully saturated rings. The fraction of sp³-hybridized carbons (Fsp3) is 0.0556. The predicted molar refractivity (Wildman–Crippen MR) is 96.5 cm³/mol. The van der Waals surface area contributed by atoms with Crippen LogP contribution in [0.5, 0.6) is 0 Å². The SMILES string of the molecule is Cc1ncc(-c2ccc(NC(=O)c3cc(-c4cccs4)[nH]n3)cc2)o1. The Balaban J connectivity index is 1.47. The van der Waals surface area contributed by atoms with Crippen LogP contribution < -0.4 is 5.32 Å². The zero-order valence-corrected chi connectivity index (χ0v) is 14.1. The molecule has 4 rings (SSSR count). The van der Waals surface area contributed by atoms with E-state index in [9.17, 15) is 4.79 Å². The lowest BCUT2D eigenvalue weighted by Crippen LogP contribution is -2.12. The molecular weight excluding hydrogens is 336 g/mol. The van der Waals surface area contributed by atoms with Gasteiger partial charge in [0.15, 0.2) is 17.3 Å². The number of thiophene rings is 1. The lowest BCUT2D eigenvalue weighted by Gasteiger charge is -2.03. The average Bonchev–Trinajstić information content (AvgIpc) is 3.36. The molecular formula is C18H14N4O2S. The second kappa shape index (κ2) is 6.37. The van der Waals surface area contributed by atoms with E-state index in [1.165, 1.54) is 0 Å². The second-order valence-corrected chi connectivity index (χ2v) is 6.37. The van der Waals surface area contributed by atoms with E-state index in [1.54, 1.807) is 30.5 Å². The highest BCUT2D eigenvalue weighted by Gasteiger charge is 2.12. The Kier molecular flexibility index (Phi) is 3.91. The van der Waals surface area contributed by atoms with Crippen LogP contribution in [0.15, 0.2) is 58.5 Å². The van der Waals surface area contributed by atoms with Crippen molar-refractivity contribution in [1.82, 2.24) is 15.2 Å². The summed E-state index contributed by atoms with van der Waals surface area (Å²) in [5.74, 6) is 1.05. The first-order chi connectivity index (χ1) is 12.2. The maximum absolute atomic E-state index is 12.3. The van der Waals surface area contributed by atoms with Gasteiger partial charge in [0.25, 0.3) is 5.91 Å². The third kappa shape index (κ3) is 3.22. The normalized spacial score (nSPS) is 10.8. The van der Waals surface area contributed by atoms with Crippen molar-refractivity contribution >= 4 is 22.9 Å². The van der Waals surface area contributed by atoms with E-state index in [0.29, 0.717) is 23.0 Å². The number of aryl methyl sites for hydroxylation is 1. The van der Waals surface area contributed by atoms with Crippen LogP contribution in [0.4, 0.5) is 5.69 Å². The van der Waals surface area contributed by atoms with Crippen LogP contribution in [-0.2, 0) is 0 Å². The number of carbonyl (C=O) groups is 1. The Morgan fingerprint density at radius 2 is 2.08 bits per heavy atom. The summed E-state index contributed by atoms with van der Waals surface area (Å²) in [5, 5.41) is 11.8. The average molecular weight is 350 g/mol. The summed E-state index contributed by atoms with van der Waals surface area (Å²) in [6.07, 6.45) is 1.68. The van der Waals surface area contributed by atoms with Gasteiger partial charge in [0, 0.05) is 18.2 Å². The zero-order chi connectivity index (χ0) is 17.2. The highest BCUT2D eigenvalue weighted by molar-refractivity contribution is 7.13. The minimum absolute atomic E-state index is 0.262. The number of carbonyl (C=O) groups excluding carboxylic acids is 1. The van der Waals surface area contributed by atoms with Crippen molar-refractivity contribution in [2.24, 2.45) is 0 Å². The number of rotatable bonds is 4. The molecule has 0 saturated heterocycles. The first-order valence-electron chi connectivity index (χ1n) is 7.62. The molecule has 3 aromatic heterocycles. The Hall–Kier alpha value is -3.19. The van der Waals surface area contributed by atoms with Gasteiger partial charge in [0.2, 0.25) is 0 Å². The van der Waals surface area contributed by atoms with E-state index in [1.807, 2.05) is 41.8 Å². The molecule has 0 aliphatic heterocycles. The van der Waals surface area contributed by atoms with Gasteiger partial charge in [-0.05, 0) is 41.8 Å². The molecule has 0 saturated carbocycles. The number of aromatic amines is 1. The van der Waals surface area contributed by atoms with Crippen molar-refractivity contribution in [2.75, 3.05) is 5.32 Å². The molecule has 0 unspecified atom stereocenters. The van der Waals surface area contributed by atoms with Crippen LogP contribution in [-0.4, -0.2) is 21.1 Å². The Labute approximate surface area is 147 Å². The summed E-state index contributed by atoms with van der Waals surface area (Å²) in [6, 6.07) is 13.1. The summed E-state index contributed by atoms with van der Waals surface area (Å²) in [4.78, 5) is 17.5. The van der Waals surface area contributed by atoms with E-state index < -0.39 is 0 Å². The van der Waals surface area contributed by atoms with E-state index >= 15 is 0 Å². The molecule has 2 N–H and O–H groups in total. The van der Waals surface area contributed by atoms with Crippen LogP contribution in [0, 0.1) is 6.92 Å². The van der Waals surface area contributed by atoms with Gasteiger partial charge in [-0.15, -0.1) is 11.3 Å². The van der Waals surface area contributed by atoms with Crippen LogP contribution in [0.25, 0.3) is 21.9 Å². The van der Waals surface area contributed by atoms with Gasteiger partial charge in [-0.3, -0.25) is 9.89 Å². The quantitative estimate of drug-likeness (QED) is 0.573. The number of amides is 1. The molecule has 124 valence electrons. The van der Waals surface area contributed by atoms with Gasteiger partial charge in [-0.1, -0.05) is 6.07 Å². The van der Waals surface area contributed by atoms with E-state index in [2.05, 4.69) is 20.5 Å². The molecule has 0 radical (unpaired) electrons.